The predicted octanol–water partition coefficient (Wildman–Crippen LogP) is -0.954. The van der Waals surface area contributed by atoms with Crippen molar-refractivity contribution < 1.29 is 8.42 Å². The van der Waals surface area contributed by atoms with Crippen LogP contribution in [0.15, 0.2) is 17.6 Å². The maximum Gasteiger partial charge on any atom is 0.259 e. The maximum atomic E-state index is 11.5. The molecule has 1 aromatic rings. The van der Waals surface area contributed by atoms with Crippen molar-refractivity contribution in [2.45, 2.75) is 18.0 Å². The summed E-state index contributed by atoms with van der Waals surface area (Å²) in [5.74, 6) is 0. The number of rotatable bonds is 4. The van der Waals surface area contributed by atoms with Crippen molar-refractivity contribution >= 4 is 10.0 Å². The van der Waals surface area contributed by atoms with Gasteiger partial charge in [-0.05, 0) is 6.92 Å². The van der Waals surface area contributed by atoms with Gasteiger partial charge in [-0.25, -0.2) is 18.1 Å². The second kappa shape index (κ2) is 4.07. The minimum absolute atomic E-state index is 0.0145. The largest absolute Gasteiger partial charge is 0.339 e. The summed E-state index contributed by atoms with van der Waals surface area (Å²) in [6.07, 6.45) is 2.87. The van der Waals surface area contributed by atoms with Gasteiger partial charge in [0.1, 0.15) is 0 Å². The summed E-state index contributed by atoms with van der Waals surface area (Å²) < 4.78 is 26.9. The van der Waals surface area contributed by atoms with E-state index in [0.717, 1.165) is 0 Å². The Morgan fingerprint density at radius 2 is 2.36 bits per heavy atom. The van der Waals surface area contributed by atoms with Crippen LogP contribution in [-0.4, -0.2) is 30.6 Å². The van der Waals surface area contributed by atoms with Gasteiger partial charge in [-0.2, -0.15) is 0 Å². The van der Waals surface area contributed by atoms with Crippen molar-refractivity contribution in [3.63, 3.8) is 0 Å². The number of aromatic nitrogens is 2. The van der Waals surface area contributed by atoms with Crippen molar-refractivity contribution in [1.29, 1.82) is 0 Å². The lowest BCUT2D eigenvalue weighted by Gasteiger charge is -2.06. The molecule has 0 fully saturated rings. The molecule has 0 aliphatic heterocycles. The van der Waals surface area contributed by atoms with Crippen LogP contribution in [-0.2, 0) is 17.1 Å². The fourth-order valence-electron chi connectivity index (χ4n) is 0.843. The number of hydrogen-bond donors (Lipinski definition) is 2. The van der Waals surface area contributed by atoms with E-state index in [9.17, 15) is 8.42 Å². The molecule has 0 aliphatic carbocycles. The molecule has 0 amide bonds. The van der Waals surface area contributed by atoms with Crippen LogP contribution >= 0.6 is 0 Å². The molecule has 0 radical (unpaired) electrons. The number of nitrogens with one attached hydrogen (secondary N) is 1. The van der Waals surface area contributed by atoms with Gasteiger partial charge in [-0.15, -0.1) is 0 Å². The maximum absolute atomic E-state index is 11.5. The van der Waals surface area contributed by atoms with Crippen molar-refractivity contribution in [1.82, 2.24) is 14.3 Å². The molecule has 1 aromatic heterocycles. The fraction of sp³-hybridized carbons (Fsp3) is 0.571. The van der Waals surface area contributed by atoms with E-state index in [-0.39, 0.29) is 17.6 Å². The van der Waals surface area contributed by atoms with E-state index in [4.69, 9.17) is 5.73 Å². The molecule has 0 aromatic carbocycles. The third-order valence-corrected chi connectivity index (χ3v) is 2.86. The lowest BCUT2D eigenvalue weighted by atomic mass is 10.4. The summed E-state index contributed by atoms with van der Waals surface area (Å²) in [4.78, 5) is 3.74. The average Bonchev–Trinajstić information content (AvgIpc) is 2.49. The van der Waals surface area contributed by atoms with Crippen LogP contribution in [0.25, 0.3) is 0 Å². The molecule has 0 spiro atoms. The van der Waals surface area contributed by atoms with Gasteiger partial charge in [0.2, 0.25) is 0 Å². The number of nitrogens with two attached hydrogens (primary N) is 1. The number of hydrogen-bond acceptors (Lipinski definition) is 4. The van der Waals surface area contributed by atoms with Crippen LogP contribution in [0.2, 0.25) is 0 Å². The van der Waals surface area contributed by atoms with Crippen LogP contribution in [0, 0.1) is 0 Å². The van der Waals surface area contributed by atoms with E-state index in [1.54, 1.807) is 18.5 Å². The quantitative estimate of drug-likeness (QED) is 0.681. The van der Waals surface area contributed by atoms with Crippen molar-refractivity contribution in [3.8, 4) is 0 Å². The highest BCUT2D eigenvalue weighted by Crippen LogP contribution is 2.03. The van der Waals surface area contributed by atoms with Crippen molar-refractivity contribution in [2.75, 3.05) is 6.54 Å². The monoisotopic (exact) mass is 218 g/mol. The van der Waals surface area contributed by atoms with Gasteiger partial charge in [-0.1, -0.05) is 0 Å². The van der Waals surface area contributed by atoms with Crippen LogP contribution in [0.5, 0.6) is 0 Å². The number of imidazole rings is 1. The van der Waals surface area contributed by atoms with E-state index >= 15 is 0 Å². The van der Waals surface area contributed by atoms with Crippen LogP contribution in [0.3, 0.4) is 0 Å². The highest BCUT2D eigenvalue weighted by Gasteiger charge is 2.16. The van der Waals surface area contributed by atoms with Gasteiger partial charge in [0.05, 0.1) is 6.33 Å². The number of sulfonamides is 1. The normalized spacial score (nSPS) is 14.2. The van der Waals surface area contributed by atoms with E-state index in [1.807, 2.05) is 0 Å². The molecule has 1 rings (SSSR count). The topological polar surface area (TPSA) is 90.0 Å². The Balaban J connectivity index is 2.76. The minimum atomic E-state index is -3.50. The van der Waals surface area contributed by atoms with Crippen LogP contribution < -0.4 is 10.5 Å². The second-order valence-electron chi connectivity index (χ2n) is 3.21. The average molecular weight is 218 g/mol. The highest BCUT2D eigenvalue weighted by atomic mass is 32.2. The van der Waals surface area contributed by atoms with E-state index in [0.29, 0.717) is 0 Å². The Bertz CT molecular complexity index is 396. The molecule has 0 saturated heterocycles. The first kappa shape index (κ1) is 11.2. The summed E-state index contributed by atoms with van der Waals surface area (Å²) in [7, 11) is -1.79. The third-order valence-electron chi connectivity index (χ3n) is 1.55. The lowest BCUT2D eigenvalue weighted by molar-refractivity contribution is 0.570. The van der Waals surface area contributed by atoms with Gasteiger partial charge in [0.25, 0.3) is 10.0 Å². The Morgan fingerprint density at radius 3 is 2.79 bits per heavy atom. The number of nitrogens with zero attached hydrogens (tertiary/aromatic N) is 2. The molecule has 0 bridgehead atoms. The van der Waals surface area contributed by atoms with Gasteiger partial charge in [0, 0.05) is 25.8 Å². The molecule has 1 heterocycles. The Labute approximate surface area is 83.2 Å². The molecule has 3 N–H and O–H groups in total. The van der Waals surface area contributed by atoms with Crippen molar-refractivity contribution in [3.05, 3.63) is 12.5 Å². The first-order valence-corrected chi connectivity index (χ1v) is 5.63. The Kier molecular flexibility index (Phi) is 3.25. The first-order valence-electron chi connectivity index (χ1n) is 4.15. The molecule has 1 unspecified atom stereocenters. The lowest BCUT2D eigenvalue weighted by Crippen LogP contribution is -2.35. The van der Waals surface area contributed by atoms with Crippen LogP contribution in [0.1, 0.15) is 6.92 Å². The second-order valence-corrected chi connectivity index (χ2v) is 4.92. The number of aryl methyl sites for hydroxylation is 1. The van der Waals surface area contributed by atoms with Gasteiger partial charge < -0.3 is 10.3 Å². The fourth-order valence-corrected chi connectivity index (χ4v) is 1.96. The Hall–Kier alpha value is -0.920. The SMILES string of the molecule is CC(N)CNS(=O)(=O)c1cn(C)cn1. The van der Waals surface area contributed by atoms with Gasteiger partial charge in [-0.3, -0.25) is 0 Å². The molecule has 14 heavy (non-hydrogen) atoms. The van der Waals surface area contributed by atoms with Crippen molar-refractivity contribution in [2.24, 2.45) is 12.8 Å². The van der Waals surface area contributed by atoms with Gasteiger partial charge >= 0.3 is 0 Å². The predicted molar refractivity (Wildman–Crippen MR) is 52.0 cm³/mol. The summed E-state index contributed by atoms with van der Waals surface area (Å²) in [5, 5.41) is 0.0145. The first-order chi connectivity index (χ1) is 6.42. The zero-order valence-electron chi connectivity index (χ0n) is 8.14. The van der Waals surface area contributed by atoms with Crippen LogP contribution in [0.4, 0.5) is 0 Å². The highest BCUT2D eigenvalue weighted by molar-refractivity contribution is 7.89. The molecule has 7 heteroatoms. The van der Waals surface area contributed by atoms with Gasteiger partial charge in [0.15, 0.2) is 5.03 Å². The summed E-state index contributed by atoms with van der Waals surface area (Å²) in [6, 6.07) is -0.214. The zero-order chi connectivity index (χ0) is 10.8. The molecule has 0 saturated carbocycles. The standard InChI is InChI=1S/C7H14N4O2S/c1-6(8)3-10-14(12,13)7-4-11(2)5-9-7/h4-6,10H,3,8H2,1-2H3. The van der Waals surface area contributed by atoms with E-state index in [2.05, 4.69) is 9.71 Å². The Morgan fingerprint density at radius 1 is 1.71 bits per heavy atom. The minimum Gasteiger partial charge on any atom is -0.339 e. The van der Waals surface area contributed by atoms with E-state index < -0.39 is 10.0 Å². The molecular formula is C7H14N4O2S. The molecular weight excluding hydrogens is 204 g/mol. The summed E-state index contributed by atoms with van der Waals surface area (Å²) in [6.45, 7) is 1.93. The van der Waals surface area contributed by atoms with E-state index in [1.165, 1.54) is 12.5 Å². The third kappa shape index (κ3) is 2.79. The molecule has 0 aliphatic rings. The zero-order valence-corrected chi connectivity index (χ0v) is 8.95. The molecule has 6 nitrogen and oxygen atoms in total. The molecule has 1 atom stereocenters. The molecule has 80 valence electrons. The summed E-state index contributed by atoms with van der Waals surface area (Å²) in [5.41, 5.74) is 5.43. The smallest absolute Gasteiger partial charge is 0.259 e. The summed E-state index contributed by atoms with van der Waals surface area (Å²) >= 11 is 0.